The number of fused-ring (bicyclic) bond motifs is 1. The number of piperazine rings is 1. The van der Waals surface area contributed by atoms with Crippen LogP contribution in [0.5, 0.6) is 11.5 Å². The lowest BCUT2D eigenvalue weighted by molar-refractivity contribution is -0.118. The second-order valence-electron chi connectivity index (χ2n) is 8.08. The van der Waals surface area contributed by atoms with Gasteiger partial charge in [0.25, 0.3) is 0 Å². The molecule has 0 aromatic heterocycles. The van der Waals surface area contributed by atoms with E-state index in [1.165, 1.54) is 31.5 Å². The van der Waals surface area contributed by atoms with Crippen molar-refractivity contribution < 1.29 is 14.3 Å². The Hall–Kier alpha value is -1.79. The van der Waals surface area contributed by atoms with Gasteiger partial charge in [-0.1, -0.05) is 0 Å². The van der Waals surface area contributed by atoms with Crippen molar-refractivity contribution >= 4 is 11.5 Å². The summed E-state index contributed by atoms with van der Waals surface area (Å²) in [4.78, 5) is 18.6. The number of rotatable bonds is 6. The molecule has 0 atom stereocenters. The number of benzene rings is 1. The first-order chi connectivity index (χ1) is 13.2. The van der Waals surface area contributed by atoms with E-state index in [0.29, 0.717) is 13.3 Å². The van der Waals surface area contributed by atoms with Crippen LogP contribution in [0.15, 0.2) is 18.2 Å². The van der Waals surface area contributed by atoms with Crippen LogP contribution in [0.4, 0.5) is 5.69 Å². The van der Waals surface area contributed by atoms with E-state index in [0.717, 1.165) is 56.7 Å². The van der Waals surface area contributed by atoms with E-state index in [1.54, 1.807) is 6.92 Å². The Morgan fingerprint density at radius 2 is 1.74 bits per heavy atom. The van der Waals surface area contributed by atoms with Crippen molar-refractivity contribution in [3.05, 3.63) is 18.2 Å². The van der Waals surface area contributed by atoms with Gasteiger partial charge in [-0.15, -0.1) is 0 Å². The number of carbonyl (C=O) groups excluding carboxylic acids is 1. The number of Topliss-reactive ketones (excluding diaryl/α,β-unsaturated/α-hetero) is 1. The van der Waals surface area contributed by atoms with Crippen molar-refractivity contribution in [1.29, 1.82) is 0 Å². The average Bonchev–Trinajstić information content (AvgIpc) is 3.15. The summed E-state index contributed by atoms with van der Waals surface area (Å²) in [6.45, 7) is 10.4. The number of carbonyl (C=O) groups is 1. The van der Waals surface area contributed by atoms with Crippen LogP contribution in [0.3, 0.4) is 0 Å². The highest BCUT2D eigenvalue weighted by Crippen LogP contribution is 2.35. The molecule has 6 nitrogen and oxygen atoms in total. The van der Waals surface area contributed by atoms with Gasteiger partial charge in [-0.25, -0.2) is 0 Å². The monoisotopic (exact) mass is 373 g/mol. The molecule has 2 fully saturated rings. The van der Waals surface area contributed by atoms with Gasteiger partial charge in [-0.3, -0.25) is 14.6 Å². The third-order valence-corrected chi connectivity index (χ3v) is 6.10. The summed E-state index contributed by atoms with van der Waals surface area (Å²) in [5.41, 5.74) is 1.23. The Morgan fingerprint density at radius 1 is 1.00 bits per heavy atom. The standard InChI is InChI=1S/C21H31N3O3/c1-17(25)15-23-8-5-18(6-9-23)4-7-22-10-12-24(13-11-22)19-2-3-20-21(14-19)27-16-26-20/h2-3,14,18H,4-13,15-16H2,1H3. The van der Waals surface area contributed by atoms with Crippen LogP contribution in [-0.2, 0) is 4.79 Å². The summed E-state index contributed by atoms with van der Waals surface area (Å²) >= 11 is 0. The zero-order chi connectivity index (χ0) is 18.6. The predicted molar refractivity (Wildman–Crippen MR) is 106 cm³/mol. The van der Waals surface area contributed by atoms with E-state index in [9.17, 15) is 4.79 Å². The lowest BCUT2D eigenvalue weighted by atomic mass is 9.93. The second-order valence-corrected chi connectivity index (χ2v) is 8.08. The Morgan fingerprint density at radius 3 is 2.48 bits per heavy atom. The van der Waals surface area contributed by atoms with Crippen molar-refractivity contribution in [1.82, 2.24) is 9.80 Å². The molecule has 27 heavy (non-hydrogen) atoms. The number of nitrogens with zero attached hydrogens (tertiary/aromatic N) is 3. The normalized spacial score (nSPS) is 21.6. The highest BCUT2D eigenvalue weighted by Gasteiger charge is 2.23. The molecule has 3 aliphatic heterocycles. The molecule has 148 valence electrons. The second kappa shape index (κ2) is 8.48. The van der Waals surface area contributed by atoms with Crippen molar-refractivity contribution in [2.24, 2.45) is 5.92 Å². The molecule has 0 radical (unpaired) electrons. The van der Waals surface area contributed by atoms with Gasteiger partial charge in [0.05, 0.1) is 6.54 Å². The van der Waals surface area contributed by atoms with Gasteiger partial charge in [-0.05, 0) is 63.9 Å². The molecular formula is C21H31N3O3. The Balaban J connectivity index is 1.18. The molecule has 0 amide bonds. The first kappa shape index (κ1) is 18.6. The lowest BCUT2D eigenvalue weighted by Gasteiger charge is -2.37. The van der Waals surface area contributed by atoms with E-state index >= 15 is 0 Å². The fraction of sp³-hybridized carbons (Fsp3) is 0.667. The van der Waals surface area contributed by atoms with Gasteiger partial charge in [0, 0.05) is 37.9 Å². The minimum absolute atomic E-state index is 0.286. The van der Waals surface area contributed by atoms with E-state index in [4.69, 9.17) is 9.47 Å². The molecule has 0 spiro atoms. The Labute approximate surface area is 162 Å². The largest absolute Gasteiger partial charge is 0.454 e. The molecule has 0 N–H and O–H groups in total. The van der Waals surface area contributed by atoms with Crippen LogP contribution in [-0.4, -0.2) is 74.7 Å². The van der Waals surface area contributed by atoms with Gasteiger partial charge >= 0.3 is 0 Å². The molecule has 0 unspecified atom stereocenters. The van der Waals surface area contributed by atoms with Crippen LogP contribution in [0.2, 0.25) is 0 Å². The molecule has 4 rings (SSSR count). The minimum Gasteiger partial charge on any atom is -0.454 e. The SMILES string of the molecule is CC(=O)CN1CCC(CCN2CCN(c3ccc4c(c3)OCO4)CC2)CC1. The van der Waals surface area contributed by atoms with Crippen molar-refractivity contribution in [2.75, 3.05) is 64.1 Å². The maximum Gasteiger partial charge on any atom is 0.231 e. The van der Waals surface area contributed by atoms with Crippen molar-refractivity contribution in [3.63, 3.8) is 0 Å². The highest BCUT2D eigenvalue weighted by molar-refractivity contribution is 5.77. The molecule has 1 aromatic carbocycles. The lowest BCUT2D eigenvalue weighted by Crippen LogP contribution is -2.47. The first-order valence-electron chi connectivity index (χ1n) is 10.3. The quantitative estimate of drug-likeness (QED) is 0.762. The predicted octanol–water partition coefficient (Wildman–Crippen LogP) is 2.23. The van der Waals surface area contributed by atoms with E-state index in [-0.39, 0.29) is 5.78 Å². The van der Waals surface area contributed by atoms with Crippen molar-refractivity contribution in [3.8, 4) is 11.5 Å². The fourth-order valence-corrected chi connectivity index (χ4v) is 4.42. The highest BCUT2D eigenvalue weighted by atomic mass is 16.7. The van der Waals surface area contributed by atoms with Crippen LogP contribution in [0.1, 0.15) is 26.2 Å². The van der Waals surface area contributed by atoms with Gasteiger partial charge in [-0.2, -0.15) is 0 Å². The van der Waals surface area contributed by atoms with Gasteiger partial charge < -0.3 is 14.4 Å². The molecule has 1 aromatic rings. The molecular weight excluding hydrogens is 342 g/mol. The third-order valence-electron chi connectivity index (χ3n) is 6.10. The maximum absolute atomic E-state index is 11.2. The number of ketones is 1. The third kappa shape index (κ3) is 4.74. The van der Waals surface area contributed by atoms with Crippen molar-refractivity contribution in [2.45, 2.75) is 26.2 Å². The zero-order valence-corrected chi connectivity index (χ0v) is 16.4. The number of hydrogen-bond donors (Lipinski definition) is 0. The molecule has 0 bridgehead atoms. The maximum atomic E-state index is 11.2. The summed E-state index contributed by atoms with van der Waals surface area (Å²) < 4.78 is 10.9. The summed E-state index contributed by atoms with van der Waals surface area (Å²) in [7, 11) is 0. The van der Waals surface area contributed by atoms with E-state index in [2.05, 4.69) is 26.8 Å². The number of likely N-dealkylation sites (tertiary alicyclic amines) is 1. The Kier molecular flexibility index (Phi) is 5.83. The van der Waals surface area contributed by atoms with Crippen LogP contribution < -0.4 is 14.4 Å². The van der Waals surface area contributed by atoms with Gasteiger partial charge in [0.1, 0.15) is 5.78 Å². The summed E-state index contributed by atoms with van der Waals surface area (Å²) in [5, 5.41) is 0. The van der Waals surface area contributed by atoms with Gasteiger partial charge in [0.2, 0.25) is 6.79 Å². The molecule has 6 heteroatoms. The van der Waals surface area contributed by atoms with E-state index < -0.39 is 0 Å². The zero-order valence-electron chi connectivity index (χ0n) is 16.4. The number of hydrogen-bond acceptors (Lipinski definition) is 6. The fourth-order valence-electron chi connectivity index (χ4n) is 4.42. The number of piperidine rings is 1. The minimum atomic E-state index is 0.286. The summed E-state index contributed by atoms with van der Waals surface area (Å²) in [6.07, 6.45) is 3.77. The number of ether oxygens (including phenoxy) is 2. The molecule has 3 aliphatic rings. The Bertz CT molecular complexity index is 650. The van der Waals surface area contributed by atoms with Crippen LogP contribution in [0.25, 0.3) is 0 Å². The van der Waals surface area contributed by atoms with Gasteiger partial charge in [0.15, 0.2) is 11.5 Å². The van der Waals surface area contributed by atoms with Crippen LogP contribution in [0, 0.1) is 5.92 Å². The van der Waals surface area contributed by atoms with E-state index in [1.807, 2.05) is 6.07 Å². The summed E-state index contributed by atoms with van der Waals surface area (Å²) in [5.74, 6) is 2.83. The average molecular weight is 373 g/mol. The molecule has 0 aliphatic carbocycles. The topological polar surface area (TPSA) is 45.3 Å². The molecule has 0 saturated carbocycles. The number of anilines is 1. The smallest absolute Gasteiger partial charge is 0.231 e. The van der Waals surface area contributed by atoms with Crippen LogP contribution >= 0.6 is 0 Å². The summed E-state index contributed by atoms with van der Waals surface area (Å²) in [6, 6.07) is 6.26. The molecule has 3 heterocycles. The molecule has 2 saturated heterocycles. The first-order valence-corrected chi connectivity index (χ1v) is 10.3.